The van der Waals surface area contributed by atoms with Crippen LogP contribution in [0.3, 0.4) is 0 Å². The Hall–Kier alpha value is -1.44. The number of ether oxygens (including phenoxy) is 1. The van der Waals surface area contributed by atoms with Gasteiger partial charge in [0.25, 0.3) is 5.91 Å². The first kappa shape index (κ1) is 18.4. The van der Waals surface area contributed by atoms with Gasteiger partial charge >= 0.3 is 0 Å². The minimum absolute atomic E-state index is 0.0623. The highest BCUT2D eigenvalue weighted by molar-refractivity contribution is 7.89. The van der Waals surface area contributed by atoms with Crippen molar-refractivity contribution in [3.05, 3.63) is 29.8 Å². The quantitative estimate of drug-likeness (QED) is 0.774. The fraction of sp³-hybridized carbons (Fsp3) is 0.611. The first-order valence-corrected chi connectivity index (χ1v) is 10.5. The zero-order chi connectivity index (χ0) is 17.7. The van der Waals surface area contributed by atoms with Gasteiger partial charge in [-0.2, -0.15) is 0 Å². The van der Waals surface area contributed by atoms with Crippen molar-refractivity contribution >= 4 is 15.9 Å². The van der Waals surface area contributed by atoms with Crippen LogP contribution in [0.4, 0.5) is 0 Å². The number of hydrogen-bond acceptors (Lipinski definition) is 4. The summed E-state index contributed by atoms with van der Waals surface area (Å²) in [5.74, 6) is 0.326. The fourth-order valence-corrected chi connectivity index (χ4v) is 4.56. The summed E-state index contributed by atoms with van der Waals surface area (Å²) in [5, 5.41) is 2.92. The highest BCUT2D eigenvalue weighted by atomic mass is 32.2. The van der Waals surface area contributed by atoms with Crippen molar-refractivity contribution in [2.24, 2.45) is 5.92 Å². The Bertz CT molecular complexity index is 693. The van der Waals surface area contributed by atoms with Crippen molar-refractivity contribution in [1.29, 1.82) is 0 Å². The molecule has 7 heteroatoms. The van der Waals surface area contributed by atoms with Crippen LogP contribution < -0.4 is 10.0 Å². The monoisotopic (exact) mass is 366 g/mol. The van der Waals surface area contributed by atoms with Crippen molar-refractivity contribution in [2.45, 2.75) is 49.5 Å². The average Bonchev–Trinajstić information content (AvgIpc) is 3.31. The Kier molecular flexibility index (Phi) is 6.09. The summed E-state index contributed by atoms with van der Waals surface area (Å²) in [6, 6.07) is 6.18. The molecule has 0 radical (unpaired) electrons. The SMILES string of the molecule is O=C(NCC1CCCC1)c1cccc(S(=O)(=O)NCC2CCCO2)c1. The molecule has 2 aliphatic rings. The molecule has 0 aromatic heterocycles. The van der Waals surface area contributed by atoms with E-state index in [1.54, 1.807) is 12.1 Å². The largest absolute Gasteiger partial charge is 0.377 e. The molecule has 6 nitrogen and oxygen atoms in total. The number of carbonyl (C=O) groups is 1. The highest BCUT2D eigenvalue weighted by Crippen LogP contribution is 2.23. The fourth-order valence-electron chi connectivity index (χ4n) is 3.45. The minimum Gasteiger partial charge on any atom is -0.377 e. The van der Waals surface area contributed by atoms with E-state index in [4.69, 9.17) is 4.74 Å². The summed E-state index contributed by atoms with van der Waals surface area (Å²) in [6.07, 6.45) is 6.53. The zero-order valence-corrected chi connectivity index (χ0v) is 15.2. The van der Waals surface area contributed by atoms with Crippen LogP contribution >= 0.6 is 0 Å². The van der Waals surface area contributed by atoms with Crippen LogP contribution in [-0.4, -0.2) is 40.1 Å². The maximum atomic E-state index is 12.4. The molecule has 25 heavy (non-hydrogen) atoms. The van der Waals surface area contributed by atoms with E-state index in [9.17, 15) is 13.2 Å². The predicted molar refractivity (Wildman–Crippen MR) is 94.9 cm³/mol. The van der Waals surface area contributed by atoms with Crippen molar-refractivity contribution in [2.75, 3.05) is 19.7 Å². The third-order valence-electron chi connectivity index (χ3n) is 4.96. The number of carbonyl (C=O) groups excluding carboxylic acids is 1. The lowest BCUT2D eigenvalue weighted by Gasteiger charge is -2.13. The van der Waals surface area contributed by atoms with Gasteiger partial charge in [0, 0.05) is 25.3 Å². The molecule has 1 aliphatic heterocycles. The van der Waals surface area contributed by atoms with E-state index in [2.05, 4.69) is 10.0 Å². The summed E-state index contributed by atoms with van der Waals surface area (Å²) in [6.45, 7) is 1.61. The summed E-state index contributed by atoms with van der Waals surface area (Å²) in [5.41, 5.74) is 0.373. The van der Waals surface area contributed by atoms with Gasteiger partial charge in [-0.15, -0.1) is 0 Å². The first-order chi connectivity index (χ1) is 12.0. The van der Waals surface area contributed by atoms with Crippen molar-refractivity contribution < 1.29 is 17.9 Å². The van der Waals surface area contributed by atoms with Gasteiger partial charge in [-0.25, -0.2) is 13.1 Å². The molecule has 1 aromatic rings. The average molecular weight is 366 g/mol. The van der Waals surface area contributed by atoms with E-state index in [1.165, 1.54) is 25.0 Å². The van der Waals surface area contributed by atoms with E-state index in [-0.39, 0.29) is 23.5 Å². The van der Waals surface area contributed by atoms with E-state index in [0.717, 1.165) is 25.7 Å². The molecule has 1 aliphatic carbocycles. The van der Waals surface area contributed by atoms with Crippen molar-refractivity contribution in [3.8, 4) is 0 Å². The minimum atomic E-state index is -3.64. The van der Waals surface area contributed by atoms with Gasteiger partial charge in [0.05, 0.1) is 11.0 Å². The predicted octanol–water partition coefficient (Wildman–Crippen LogP) is 2.06. The molecule has 2 fully saturated rings. The van der Waals surface area contributed by atoms with Gasteiger partial charge < -0.3 is 10.1 Å². The Balaban J connectivity index is 1.59. The molecular formula is C18H26N2O4S. The van der Waals surface area contributed by atoms with Gasteiger partial charge in [0.2, 0.25) is 10.0 Å². The van der Waals surface area contributed by atoms with E-state index < -0.39 is 10.0 Å². The van der Waals surface area contributed by atoms with E-state index in [0.29, 0.717) is 24.6 Å². The van der Waals surface area contributed by atoms with Crippen LogP contribution in [0.5, 0.6) is 0 Å². The maximum absolute atomic E-state index is 12.4. The van der Waals surface area contributed by atoms with Crippen LogP contribution in [0.15, 0.2) is 29.2 Å². The number of amides is 1. The molecule has 2 N–H and O–H groups in total. The molecule has 0 bridgehead atoms. The Morgan fingerprint density at radius 2 is 1.92 bits per heavy atom. The summed E-state index contributed by atoms with van der Waals surface area (Å²) in [4.78, 5) is 12.4. The van der Waals surface area contributed by atoms with Crippen molar-refractivity contribution in [1.82, 2.24) is 10.0 Å². The van der Waals surface area contributed by atoms with Gasteiger partial charge in [0.1, 0.15) is 0 Å². The molecule has 1 unspecified atom stereocenters. The topological polar surface area (TPSA) is 84.5 Å². The Morgan fingerprint density at radius 3 is 2.64 bits per heavy atom. The lowest BCUT2D eigenvalue weighted by molar-refractivity contribution is 0.0947. The zero-order valence-electron chi connectivity index (χ0n) is 14.4. The normalized spacial score (nSPS) is 21.5. The van der Waals surface area contributed by atoms with Gasteiger partial charge in [-0.3, -0.25) is 4.79 Å². The van der Waals surface area contributed by atoms with Gasteiger partial charge in [-0.05, 0) is 49.8 Å². The summed E-state index contributed by atoms with van der Waals surface area (Å²) in [7, 11) is -3.64. The second-order valence-electron chi connectivity index (χ2n) is 6.88. The molecule has 1 amide bonds. The number of rotatable bonds is 7. The number of nitrogens with one attached hydrogen (secondary N) is 2. The van der Waals surface area contributed by atoms with Gasteiger partial charge in [0.15, 0.2) is 0 Å². The van der Waals surface area contributed by atoms with Gasteiger partial charge in [-0.1, -0.05) is 18.9 Å². The maximum Gasteiger partial charge on any atom is 0.251 e. The molecule has 1 heterocycles. The molecule has 1 saturated carbocycles. The number of hydrogen-bond donors (Lipinski definition) is 2. The number of benzene rings is 1. The molecule has 3 rings (SSSR count). The lowest BCUT2D eigenvalue weighted by Crippen LogP contribution is -2.32. The summed E-state index contributed by atoms with van der Waals surface area (Å²) >= 11 is 0. The van der Waals surface area contributed by atoms with Crippen LogP contribution in [-0.2, 0) is 14.8 Å². The molecular weight excluding hydrogens is 340 g/mol. The molecule has 1 atom stereocenters. The second-order valence-corrected chi connectivity index (χ2v) is 8.64. The van der Waals surface area contributed by atoms with E-state index in [1.807, 2.05) is 0 Å². The van der Waals surface area contributed by atoms with Crippen LogP contribution in [0.25, 0.3) is 0 Å². The van der Waals surface area contributed by atoms with Crippen molar-refractivity contribution in [3.63, 3.8) is 0 Å². The highest BCUT2D eigenvalue weighted by Gasteiger charge is 2.21. The standard InChI is InChI=1S/C18H26N2O4S/c21-18(19-12-14-5-1-2-6-14)15-7-3-9-17(11-15)25(22,23)20-13-16-8-4-10-24-16/h3,7,9,11,14,16,20H,1-2,4-6,8,10,12-13H2,(H,19,21). The number of sulfonamides is 1. The molecule has 1 aromatic carbocycles. The van der Waals surface area contributed by atoms with Crippen LogP contribution in [0, 0.1) is 5.92 Å². The van der Waals surface area contributed by atoms with E-state index >= 15 is 0 Å². The smallest absolute Gasteiger partial charge is 0.251 e. The molecule has 138 valence electrons. The Morgan fingerprint density at radius 1 is 1.12 bits per heavy atom. The Labute approximate surface area is 149 Å². The third kappa shape index (κ3) is 5.03. The summed E-state index contributed by atoms with van der Waals surface area (Å²) < 4.78 is 32.9. The molecule has 0 spiro atoms. The third-order valence-corrected chi connectivity index (χ3v) is 6.38. The van der Waals surface area contributed by atoms with Crippen LogP contribution in [0.2, 0.25) is 0 Å². The van der Waals surface area contributed by atoms with Crippen LogP contribution in [0.1, 0.15) is 48.9 Å². The first-order valence-electron chi connectivity index (χ1n) is 9.04. The second kappa shape index (κ2) is 8.29. The molecule has 1 saturated heterocycles. The lowest BCUT2D eigenvalue weighted by atomic mass is 10.1.